The minimum atomic E-state index is -1.07. The first kappa shape index (κ1) is 16.0. The molecule has 0 atom stereocenters. The molecule has 2 heterocycles. The molecule has 0 bridgehead atoms. The number of hydrogen-bond acceptors (Lipinski definition) is 5. The van der Waals surface area contributed by atoms with Gasteiger partial charge in [0.25, 0.3) is 0 Å². The maximum absolute atomic E-state index is 11.8. The quantitative estimate of drug-likeness (QED) is 0.764. The smallest absolute Gasteiger partial charge is 0.339 e. The Kier molecular flexibility index (Phi) is 5.11. The standard InChI is InChI=1S/C15H15NO5S/c1-9-11(15(19)20)7-10(21-9)8-16-14(18)5-4-12(17)13-3-2-6-22-13/h2-3,6-7H,4-5,8H2,1H3,(H,16,18)(H,19,20). The van der Waals surface area contributed by atoms with Crippen LogP contribution in [0.3, 0.4) is 0 Å². The molecule has 0 aliphatic heterocycles. The van der Waals surface area contributed by atoms with Gasteiger partial charge in [-0.3, -0.25) is 9.59 Å². The average Bonchev–Trinajstić information content (AvgIpc) is 3.11. The van der Waals surface area contributed by atoms with Gasteiger partial charge in [-0.25, -0.2) is 4.79 Å². The average molecular weight is 321 g/mol. The number of rotatable bonds is 7. The molecule has 0 aromatic carbocycles. The fraction of sp³-hybridized carbons (Fsp3) is 0.267. The number of ketones is 1. The first-order valence-electron chi connectivity index (χ1n) is 6.63. The summed E-state index contributed by atoms with van der Waals surface area (Å²) in [6.45, 7) is 1.65. The zero-order valence-corrected chi connectivity index (χ0v) is 12.7. The van der Waals surface area contributed by atoms with Gasteiger partial charge in [-0.1, -0.05) is 6.07 Å². The van der Waals surface area contributed by atoms with Crippen molar-refractivity contribution in [3.63, 3.8) is 0 Å². The molecule has 2 aromatic rings. The molecule has 2 aromatic heterocycles. The van der Waals surface area contributed by atoms with Crippen LogP contribution >= 0.6 is 11.3 Å². The van der Waals surface area contributed by atoms with Gasteiger partial charge in [0, 0.05) is 12.8 Å². The van der Waals surface area contributed by atoms with Gasteiger partial charge >= 0.3 is 5.97 Å². The van der Waals surface area contributed by atoms with Gasteiger partial charge in [0.15, 0.2) is 5.78 Å². The van der Waals surface area contributed by atoms with Crippen LogP contribution in [0.25, 0.3) is 0 Å². The van der Waals surface area contributed by atoms with Crippen LogP contribution in [-0.2, 0) is 11.3 Å². The Hall–Kier alpha value is -2.41. The van der Waals surface area contributed by atoms with E-state index < -0.39 is 5.97 Å². The highest BCUT2D eigenvalue weighted by molar-refractivity contribution is 7.12. The number of carbonyl (C=O) groups excluding carboxylic acids is 2. The Bertz CT molecular complexity index is 687. The maximum Gasteiger partial charge on any atom is 0.339 e. The number of hydrogen-bond donors (Lipinski definition) is 2. The van der Waals surface area contributed by atoms with Crippen LogP contribution in [-0.4, -0.2) is 22.8 Å². The molecule has 0 saturated heterocycles. The monoisotopic (exact) mass is 321 g/mol. The molecule has 0 fully saturated rings. The zero-order chi connectivity index (χ0) is 16.1. The summed E-state index contributed by atoms with van der Waals surface area (Å²) < 4.78 is 5.25. The summed E-state index contributed by atoms with van der Waals surface area (Å²) in [5, 5.41) is 13.3. The topological polar surface area (TPSA) is 96.6 Å². The number of Topliss-reactive ketones (excluding diaryl/α,β-unsaturated/α-hetero) is 1. The van der Waals surface area contributed by atoms with Crippen LogP contribution in [0.2, 0.25) is 0 Å². The molecule has 0 spiro atoms. The number of aryl methyl sites for hydroxylation is 1. The number of amides is 1. The Balaban J connectivity index is 1.79. The van der Waals surface area contributed by atoms with E-state index in [0.29, 0.717) is 16.4 Å². The lowest BCUT2D eigenvalue weighted by atomic mass is 10.2. The van der Waals surface area contributed by atoms with E-state index in [-0.39, 0.29) is 36.6 Å². The number of furan rings is 1. The van der Waals surface area contributed by atoms with E-state index in [9.17, 15) is 14.4 Å². The summed E-state index contributed by atoms with van der Waals surface area (Å²) in [7, 11) is 0. The molecular weight excluding hydrogens is 306 g/mol. The Morgan fingerprint density at radius 2 is 2.09 bits per heavy atom. The molecule has 0 aliphatic carbocycles. The van der Waals surface area contributed by atoms with Gasteiger partial charge in [0.2, 0.25) is 5.91 Å². The minimum Gasteiger partial charge on any atom is -0.478 e. The maximum atomic E-state index is 11.8. The lowest BCUT2D eigenvalue weighted by Gasteiger charge is -2.02. The van der Waals surface area contributed by atoms with Gasteiger partial charge in [-0.05, 0) is 24.4 Å². The highest BCUT2D eigenvalue weighted by Gasteiger charge is 2.14. The molecular formula is C15H15NO5S. The lowest BCUT2D eigenvalue weighted by molar-refractivity contribution is -0.121. The first-order valence-corrected chi connectivity index (χ1v) is 7.51. The minimum absolute atomic E-state index is 0.0628. The highest BCUT2D eigenvalue weighted by atomic mass is 32.1. The Morgan fingerprint density at radius 3 is 2.68 bits per heavy atom. The number of aromatic carboxylic acids is 1. The molecule has 116 valence electrons. The van der Waals surface area contributed by atoms with E-state index in [1.165, 1.54) is 17.4 Å². The van der Waals surface area contributed by atoms with Gasteiger partial charge in [0.05, 0.1) is 11.4 Å². The van der Waals surface area contributed by atoms with E-state index in [1.54, 1.807) is 19.1 Å². The number of carboxylic acids is 1. The van der Waals surface area contributed by atoms with Crippen molar-refractivity contribution in [1.82, 2.24) is 5.32 Å². The second kappa shape index (κ2) is 7.04. The van der Waals surface area contributed by atoms with Crippen molar-refractivity contribution in [2.75, 3.05) is 0 Å². The van der Waals surface area contributed by atoms with Crippen LogP contribution in [0.15, 0.2) is 28.0 Å². The summed E-state index contributed by atoms with van der Waals surface area (Å²) >= 11 is 1.35. The summed E-state index contributed by atoms with van der Waals surface area (Å²) in [6, 6.07) is 4.90. The van der Waals surface area contributed by atoms with Crippen molar-refractivity contribution in [2.24, 2.45) is 0 Å². The second-order valence-electron chi connectivity index (χ2n) is 4.66. The normalized spacial score (nSPS) is 10.4. The predicted molar refractivity (Wildman–Crippen MR) is 80.1 cm³/mol. The Morgan fingerprint density at radius 1 is 1.32 bits per heavy atom. The number of carbonyl (C=O) groups is 3. The van der Waals surface area contributed by atoms with Crippen molar-refractivity contribution in [1.29, 1.82) is 0 Å². The third kappa shape index (κ3) is 4.05. The predicted octanol–water partition coefficient (Wildman–Crippen LogP) is 2.63. The second-order valence-corrected chi connectivity index (χ2v) is 5.61. The van der Waals surface area contributed by atoms with Crippen LogP contribution in [0, 0.1) is 6.92 Å². The zero-order valence-electron chi connectivity index (χ0n) is 11.9. The van der Waals surface area contributed by atoms with E-state index in [4.69, 9.17) is 9.52 Å². The first-order chi connectivity index (χ1) is 10.5. The van der Waals surface area contributed by atoms with E-state index in [2.05, 4.69) is 5.32 Å². The largest absolute Gasteiger partial charge is 0.478 e. The molecule has 0 unspecified atom stereocenters. The van der Waals surface area contributed by atoms with Gasteiger partial charge < -0.3 is 14.8 Å². The Labute approximate surface area is 130 Å². The molecule has 7 heteroatoms. The lowest BCUT2D eigenvalue weighted by Crippen LogP contribution is -2.23. The number of carboxylic acid groups (broad SMARTS) is 1. The molecule has 6 nitrogen and oxygen atoms in total. The number of thiophene rings is 1. The summed E-state index contributed by atoms with van der Waals surface area (Å²) in [5.74, 6) is -0.749. The van der Waals surface area contributed by atoms with Crippen LogP contribution in [0.5, 0.6) is 0 Å². The SMILES string of the molecule is Cc1oc(CNC(=O)CCC(=O)c2cccs2)cc1C(=O)O. The third-order valence-corrected chi connectivity index (χ3v) is 3.95. The van der Waals surface area contributed by atoms with Gasteiger partial charge in [-0.15, -0.1) is 11.3 Å². The summed E-state index contributed by atoms with van der Waals surface area (Å²) in [4.78, 5) is 35.0. The third-order valence-electron chi connectivity index (χ3n) is 3.03. The fourth-order valence-electron chi connectivity index (χ4n) is 1.90. The van der Waals surface area contributed by atoms with Crippen LogP contribution in [0.4, 0.5) is 0 Å². The molecule has 0 aliphatic rings. The van der Waals surface area contributed by atoms with E-state index in [1.807, 2.05) is 5.38 Å². The van der Waals surface area contributed by atoms with Crippen molar-refractivity contribution in [3.8, 4) is 0 Å². The van der Waals surface area contributed by atoms with E-state index >= 15 is 0 Å². The van der Waals surface area contributed by atoms with Gasteiger partial charge in [-0.2, -0.15) is 0 Å². The molecule has 22 heavy (non-hydrogen) atoms. The fourth-order valence-corrected chi connectivity index (χ4v) is 2.60. The highest BCUT2D eigenvalue weighted by Crippen LogP contribution is 2.15. The van der Waals surface area contributed by atoms with Crippen LogP contribution < -0.4 is 5.32 Å². The van der Waals surface area contributed by atoms with Crippen molar-refractivity contribution < 1.29 is 23.9 Å². The van der Waals surface area contributed by atoms with Gasteiger partial charge in [0.1, 0.15) is 17.1 Å². The molecule has 2 N–H and O–H groups in total. The van der Waals surface area contributed by atoms with E-state index in [0.717, 1.165) is 0 Å². The van der Waals surface area contributed by atoms with Crippen molar-refractivity contribution in [2.45, 2.75) is 26.3 Å². The summed E-state index contributed by atoms with van der Waals surface area (Å²) in [6.07, 6.45) is 0.228. The molecule has 2 rings (SSSR count). The summed E-state index contributed by atoms with van der Waals surface area (Å²) in [5.41, 5.74) is 0.0807. The molecule has 1 amide bonds. The van der Waals surface area contributed by atoms with Crippen molar-refractivity contribution >= 4 is 29.0 Å². The van der Waals surface area contributed by atoms with Crippen LogP contribution in [0.1, 0.15) is 44.4 Å². The number of nitrogens with one attached hydrogen (secondary N) is 1. The molecule has 0 radical (unpaired) electrons. The molecule has 0 saturated carbocycles. The van der Waals surface area contributed by atoms with Crippen molar-refractivity contribution in [3.05, 3.63) is 45.5 Å².